The second-order valence-corrected chi connectivity index (χ2v) is 4.13. The number of hydrogen-bond acceptors (Lipinski definition) is 1. The summed E-state index contributed by atoms with van der Waals surface area (Å²) in [7, 11) is 0. The van der Waals surface area contributed by atoms with E-state index in [1.807, 2.05) is 6.08 Å². The highest BCUT2D eigenvalue weighted by molar-refractivity contribution is 5.85. The molecule has 0 bridgehead atoms. The molecule has 1 atom stereocenters. The van der Waals surface area contributed by atoms with Gasteiger partial charge in [-0.3, -0.25) is 0 Å². The summed E-state index contributed by atoms with van der Waals surface area (Å²) in [6.45, 7) is 3.72. The van der Waals surface area contributed by atoms with Gasteiger partial charge in [-0.1, -0.05) is 48.5 Å². The van der Waals surface area contributed by atoms with Crippen molar-refractivity contribution in [1.82, 2.24) is 0 Å². The SMILES string of the molecule is C=CCC(N)Cc1cccc2ccccc12. The first-order valence-electron chi connectivity index (χ1n) is 5.64. The fraction of sp³-hybridized carbons (Fsp3) is 0.200. The fourth-order valence-corrected chi connectivity index (χ4v) is 2.05. The lowest BCUT2D eigenvalue weighted by atomic mass is 9.98. The van der Waals surface area contributed by atoms with Crippen molar-refractivity contribution in [3.63, 3.8) is 0 Å². The van der Waals surface area contributed by atoms with Crippen molar-refractivity contribution in [2.75, 3.05) is 0 Å². The van der Waals surface area contributed by atoms with Gasteiger partial charge in [-0.25, -0.2) is 0 Å². The molecule has 1 heteroatoms. The molecule has 2 aromatic carbocycles. The lowest BCUT2D eigenvalue weighted by Crippen LogP contribution is -2.21. The largest absolute Gasteiger partial charge is 0.327 e. The standard InChI is InChI=1S/C15H17N/c1-2-6-14(16)11-13-9-5-8-12-7-3-4-10-15(12)13/h2-5,7-10,14H,1,6,11,16H2. The summed E-state index contributed by atoms with van der Waals surface area (Å²) in [6, 6.07) is 15.0. The van der Waals surface area contributed by atoms with Crippen molar-refractivity contribution in [2.24, 2.45) is 5.73 Å². The third-order valence-electron chi connectivity index (χ3n) is 2.83. The van der Waals surface area contributed by atoms with Crippen molar-refractivity contribution < 1.29 is 0 Å². The third-order valence-corrected chi connectivity index (χ3v) is 2.83. The van der Waals surface area contributed by atoms with Gasteiger partial charge in [0.25, 0.3) is 0 Å². The average molecular weight is 211 g/mol. The van der Waals surface area contributed by atoms with Crippen LogP contribution in [0.25, 0.3) is 10.8 Å². The summed E-state index contributed by atoms with van der Waals surface area (Å²) in [5.74, 6) is 0. The van der Waals surface area contributed by atoms with Crippen LogP contribution in [0.2, 0.25) is 0 Å². The first-order chi connectivity index (χ1) is 7.81. The molecule has 0 fully saturated rings. The Bertz CT molecular complexity index is 482. The van der Waals surface area contributed by atoms with Crippen LogP contribution in [0.5, 0.6) is 0 Å². The first-order valence-corrected chi connectivity index (χ1v) is 5.64. The molecule has 0 spiro atoms. The van der Waals surface area contributed by atoms with Gasteiger partial charge < -0.3 is 5.73 Å². The summed E-state index contributed by atoms with van der Waals surface area (Å²) in [5, 5.41) is 2.59. The molecule has 2 N–H and O–H groups in total. The van der Waals surface area contributed by atoms with Crippen LogP contribution in [0.3, 0.4) is 0 Å². The summed E-state index contributed by atoms with van der Waals surface area (Å²) in [5.41, 5.74) is 7.36. The molecule has 0 heterocycles. The van der Waals surface area contributed by atoms with Crippen LogP contribution in [0.4, 0.5) is 0 Å². The monoisotopic (exact) mass is 211 g/mol. The van der Waals surface area contributed by atoms with Crippen LogP contribution in [0, 0.1) is 0 Å². The Morgan fingerprint density at radius 3 is 2.69 bits per heavy atom. The third kappa shape index (κ3) is 2.31. The fourth-order valence-electron chi connectivity index (χ4n) is 2.05. The molecule has 1 unspecified atom stereocenters. The van der Waals surface area contributed by atoms with Gasteiger partial charge in [0.15, 0.2) is 0 Å². The quantitative estimate of drug-likeness (QED) is 0.772. The molecule has 1 nitrogen and oxygen atoms in total. The Kier molecular flexibility index (Phi) is 3.37. The van der Waals surface area contributed by atoms with E-state index in [1.165, 1.54) is 16.3 Å². The minimum atomic E-state index is 0.170. The second-order valence-electron chi connectivity index (χ2n) is 4.13. The molecular weight excluding hydrogens is 194 g/mol. The van der Waals surface area contributed by atoms with E-state index in [0.717, 1.165) is 12.8 Å². The Hall–Kier alpha value is -1.60. The van der Waals surface area contributed by atoms with Crippen molar-refractivity contribution in [1.29, 1.82) is 0 Å². The highest BCUT2D eigenvalue weighted by atomic mass is 14.6. The van der Waals surface area contributed by atoms with Crippen LogP contribution < -0.4 is 5.73 Å². The molecule has 2 aromatic rings. The normalized spacial score (nSPS) is 12.6. The number of rotatable bonds is 4. The van der Waals surface area contributed by atoms with E-state index in [1.54, 1.807) is 0 Å². The van der Waals surface area contributed by atoms with Gasteiger partial charge in [0.2, 0.25) is 0 Å². The maximum atomic E-state index is 6.04. The van der Waals surface area contributed by atoms with Gasteiger partial charge in [0.05, 0.1) is 0 Å². The zero-order chi connectivity index (χ0) is 11.4. The zero-order valence-corrected chi connectivity index (χ0v) is 9.39. The number of hydrogen-bond donors (Lipinski definition) is 1. The predicted molar refractivity (Wildman–Crippen MR) is 70.4 cm³/mol. The summed E-state index contributed by atoms with van der Waals surface area (Å²) >= 11 is 0. The number of fused-ring (bicyclic) bond motifs is 1. The van der Waals surface area contributed by atoms with E-state index in [9.17, 15) is 0 Å². The molecular formula is C15H17N. The molecule has 16 heavy (non-hydrogen) atoms. The predicted octanol–water partition coefficient (Wildman–Crippen LogP) is 3.29. The average Bonchev–Trinajstić information content (AvgIpc) is 2.30. The zero-order valence-electron chi connectivity index (χ0n) is 9.39. The summed E-state index contributed by atoms with van der Waals surface area (Å²) in [6.07, 6.45) is 3.66. The van der Waals surface area contributed by atoms with E-state index in [4.69, 9.17) is 5.73 Å². The smallest absolute Gasteiger partial charge is 0.0114 e. The van der Waals surface area contributed by atoms with Crippen LogP contribution >= 0.6 is 0 Å². The van der Waals surface area contributed by atoms with E-state index in [-0.39, 0.29) is 6.04 Å². The lowest BCUT2D eigenvalue weighted by Gasteiger charge is -2.11. The maximum Gasteiger partial charge on any atom is 0.0114 e. The van der Waals surface area contributed by atoms with E-state index in [2.05, 4.69) is 49.0 Å². The molecule has 0 aliphatic heterocycles. The van der Waals surface area contributed by atoms with Crippen molar-refractivity contribution in [3.05, 3.63) is 60.7 Å². The lowest BCUT2D eigenvalue weighted by molar-refractivity contribution is 0.682. The summed E-state index contributed by atoms with van der Waals surface area (Å²) in [4.78, 5) is 0. The van der Waals surface area contributed by atoms with Gasteiger partial charge in [-0.05, 0) is 29.2 Å². The topological polar surface area (TPSA) is 26.0 Å². The highest BCUT2D eigenvalue weighted by Gasteiger charge is 2.05. The Morgan fingerprint density at radius 2 is 1.88 bits per heavy atom. The van der Waals surface area contributed by atoms with Crippen molar-refractivity contribution in [2.45, 2.75) is 18.9 Å². The molecule has 0 radical (unpaired) electrons. The molecule has 0 aliphatic carbocycles. The van der Waals surface area contributed by atoms with Crippen LogP contribution in [0.15, 0.2) is 55.1 Å². The van der Waals surface area contributed by atoms with Crippen molar-refractivity contribution in [3.8, 4) is 0 Å². The number of benzene rings is 2. The molecule has 0 aromatic heterocycles. The van der Waals surface area contributed by atoms with E-state index >= 15 is 0 Å². The molecule has 0 amide bonds. The first kappa shape index (κ1) is 10.9. The van der Waals surface area contributed by atoms with Crippen LogP contribution in [0.1, 0.15) is 12.0 Å². The van der Waals surface area contributed by atoms with E-state index < -0.39 is 0 Å². The van der Waals surface area contributed by atoms with Crippen LogP contribution in [-0.2, 0) is 6.42 Å². The second kappa shape index (κ2) is 4.95. The van der Waals surface area contributed by atoms with Crippen molar-refractivity contribution >= 4 is 10.8 Å². The Balaban J connectivity index is 2.33. The molecule has 0 aliphatic rings. The van der Waals surface area contributed by atoms with Gasteiger partial charge in [0.1, 0.15) is 0 Å². The maximum absolute atomic E-state index is 6.04. The summed E-state index contributed by atoms with van der Waals surface area (Å²) < 4.78 is 0. The van der Waals surface area contributed by atoms with Gasteiger partial charge in [-0.15, -0.1) is 6.58 Å². The molecule has 0 saturated carbocycles. The number of nitrogens with two attached hydrogens (primary N) is 1. The Morgan fingerprint density at radius 1 is 1.12 bits per heavy atom. The molecule has 0 saturated heterocycles. The van der Waals surface area contributed by atoms with Gasteiger partial charge in [-0.2, -0.15) is 0 Å². The van der Waals surface area contributed by atoms with Crippen LogP contribution in [-0.4, -0.2) is 6.04 Å². The molecule has 82 valence electrons. The Labute approximate surface area is 96.6 Å². The van der Waals surface area contributed by atoms with Gasteiger partial charge in [0, 0.05) is 6.04 Å². The van der Waals surface area contributed by atoms with E-state index in [0.29, 0.717) is 0 Å². The van der Waals surface area contributed by atoms with Gasteiger partial charge >= 0.3 is 0 Å². The minimum Gasteiger partial charge on any atom is -0.327 e. The highest BCUT2D eigenvalue weighted by Crippen LogP contribution is 2.19. The minimum absolute atomic E-state index is 0.170. The molecule has 2 rings (SSSR count).